The lowest BCUT2D eigenvalue weighted by molar-refractivity contribution is -0.145. The van der Waals surface area contributed by atoms with E-state index in [1.807, 2.05) is 48.3 Å². The molecule has 3 rings (SSSR count). The van der Waals surface area contributed by atoms with Crippen LogP contribution in [0.4, 0.5) is 5.69 Å². The highest BCUT2D eigenvalue weighted by atomic mass is 35.5. The Balaban J connectivity index is 1.50. The van der Waals surface area contributed by atoms with Crippen molar-refractivity contribution in [3.05, 3.63) is 76.0 Å². The molecule has 0 saturated heterocycles. The molecule has 0 saturated carbocycles. The van der Waals surface area contributed by atoms with E-state index >= 15 is 0 Å². The van der Waals surface area contributed by atoms with Crippen LogP contribution >= 0.6 is 23.2 Å². The minimum absolute atomic E-state index is 0.00521. The van der Waals surface area contributed by atoms with E-state index in [1.165, 1.54) is 4.68 Å². The lowest BCUT2D eigenvalue weighted by atomic mass is 10.2. The number of carbonyl (C=O) groups excluding carboxylic acids is 1. The van der Waals surface area contributed by atoms with Gasteiger partial charge in [0.1, 0.15) is 18.8 Å². The van der Waals surface area contributed by atoms with Gasteiger partial charge in [0.15, 0.2) is 0 Å². The van der Waals surface area contributed by atoms with Crippen LogP contribution in [0.15, 0.2) is 54.7 Å². The van der Waals surface area contributed by atoms with Gasteiger partial charge in [-0.05, 0) is 42.0 Å². The molecule has 0 unspecified atom stereocenters. The molecule has 0 aliphatic heterocycles. The molecule has 1 aromatic heterocycles. The van der Waals surface area contributed by atoms with E-state index in [0.717, 1.165) is 16.9 Å². The predicted octanol–water partition coefficient (Wildman–Crippen LogP) is 3.96. The molecule has 0 amide bonds. The standard InChI is InChI=1S/C19H18Cl2N4O2/c1-24(18-8-6-16(21)7-9-18)10-17-11-25(23-22-17)12-19(26)27-13-14-2-4-15(20)5-3-14/h2-9,11H,10,12-13H2,1H3. The van der Waals surface area contributed by atoms with Crippen molar-refractivity contribution < 1.29 is 9.53 Å². The molecule has 0 N–H and O–H groups in total. The molecule has 0 aliphatic carbocycles. The van der Waals surface area contributed by atoms with Crippen molar-refractivity contribution in [2.75, 3.05) is 11.9 Å². The fourth-order valence-electron chi connectivity index (χ4n) is 2.44. The summed E-state index contributed by atoms with van der Waals surface area (Å²) in [5.74, 6) is -0.382. The van der Waals surface area contributed by atoms with Crippen molar-refractivity contribution >= 4 is 34.9 Å². The minimum atomic E-state index is -0.382. The fourth-order valence-corrected chi connectivity index (χ4v) is 2.69. The van der Waals surface area contributed by atoms with E-state index in [4.69, 9.17) is 27.9 Å². The second-order valence-electron chi connectivity index (χ2n) is 6.03. The predicted molar refractivity (Wildman–Crippen MR) is 105 cm³/mol. The molecule has 0 radical (unpaired) electrons. The molecule has 0 atom stereocenters. The number of halogens is 2. The van der Waals surface area contributed by atoms with E-state index in [2.05, 4.69) is 10.3 Å². The molecule has 0 spiro atoms. The van der Waals surface area contributed by atoms with Gasteiger partial charge in [-0.1, -0.05) is 40.5 Å². The average molecular weight is 405 g/mol. The van der Waals surface area contributed by atoms with Crippen LogP contribution in [0.25, 0.3) is 0 Å². The molecule has 0 bridgehead atoms. The summed E-state index contributed by atoms with van der Waals surface area (Å²) in [7, 11) is 1.95. The number of benzene rings is 2. The Labute approximate surface area is 167 Å². The number of hydrogen-bond acceptors (Lipinski definition) is 5. The Hall–Kier alpha value is -2.57. The number of esters is 1. The van der Waals surface area contributed by atoms with Gasteiger partial charge in [0.2, 0.25) is 0 Å². The van der Waals surface area contributed by atoms with Crippen LogP contribution in [0.5, 0.6) is 0 Å². The Morgan fingerprint density at radius 3 is 2.37 bits per heavy atom. The highest BCUT2D eigenvalue weighted by Gasteiger charge is 2.10. The number of ether oxygens (including phenoxy) is 1. The van der Waals surface area contributed by atoms with Gasteiger partial charge in [-0.25, -0.2) is 4.68 Å². The van der Waals surface area contributed by atoms with Crippen LogP contribution in [0.3, 0.4) is 0 Å². The normalized spacial score (nSPS) is 10.6. The fraction of sp³-hybridized carbons (Fsp3) is 0.211. The first kappa shape index (κ1) is 19.2. The van der Waals surface area contributed by atoms with Gasteiger partial charge in [0, 0.05) is 22.8 Å². The third-order valence-electron chi connectivity index (χ3n) is 3.86. The van der Waals surface area contributed by atoms with Crippen LogP contribution in [0, 0.1) is 0 Å². The lowest BCUT2D eigenvalue weighted by Crippen LogP contribution is -2.16. The van der Waals surface area contributed by atoms with Gasteiger partial charge in [0.25, 0.3) is 0 Å². The Bertz CT molecular complexity index is 895. The van der Waals surface area contributed by atoms with E-state index in [1.54, 1.807) is 18.3 Å². The molecule has 2 aromatic carbocycles. The van der Waals surface area contributed by atoms with Gasteiger partial charge in [-0.15, -0.1) is 5.10 Å². The zero-order valence-electron chi connectivity index (χ0n) is 14.7. The van der Waals surface area contributed by atoms with Crippen LogP contribution in [0.1, 0.15) is 11.3 Å². The largest absolute Gasteiger partial charge is 0.459 e. The zero-order chi connectivity index (χ0) is 19.2. The number of rotatable bonds is 7. The van der Waals surface area contributed by atoms with E-state index in [-0.39, 0.29) is 19.1 Å². The summed E-state index contributed by atoms with van der Waals surface area (Å²) in [6.45, 7) is 0.754. The maximum absolute atomic E-state index is 12.0. The van der Waals surface area contributed by atoms with E-state index < -0.39 is 0 Å². The minimum Gasteiger partial charge on any atom is -0.459 e. The second-order valence-corrected chi connectivity index (χ2v) is 6.90. The maximum Gasteiger partial charge on any atom is 0.328 e. The molecule has 0 fully saturated rings. The monoisotopic (exact) mass is 404 g/mol. The zero-order valence-corrected chi connectivity index (χ0v) is 16.2. The third-order valence-corrected chi connectivity index (χ3v) is 4.36. The average Bonchev–Trinajstić information content (AvgIpc) is 3.08. The molecule has 0 aliphatic rings. The first-order valence-electron chi connectivity index (χ1n) is 8.25. The van der Waals surface area contributed by atoms with Crippen LogP contribution in [-0.2, 0) is 29.2 Å². The number of aromatic nitrogens is 3. The first-order chi connectivity index (χ1) is 13.0. The SMILES string of the molecule is CN(Cc1cn(CC(=O)OCc2ccc(Cl)cc2)nn1)c1ccc(Cl)cc1. The van der Waals surface area contributed by atoms with Crippen molar-refractivity contribution in [2.24, 2.45) is 0 Å². The van der Waals surface area contributed by atoms with E-state index in [9.17, 15) is 4.79 Å². The Morgan fingerprint density at radius 2 is 1.70 bits per heavy atom. The van der Waals surface area contributed by atoms with Crippen molar-refractivity contribution in [3.63, 3.8) is 0 Å². The van der Waals surface area contributed by atoms with Gasteiger partial charge < -0.3 is 9.64 Å². The third kappa shape index (κ3) is 5.70. The highest BCUT2D eigenvalue weighted by molar-refractivity contribution is 6.30. The highest BCUT2D eigenvalue weighted by Crippen LogP contribution is 2.18. The van der Waals surface area contributed by atoms with Crippen LogP contribution < -0.4 is 4.90 Å². The first-order valence-corrected chi connectivity index (χ1v) is 9.01. The summed E-state index contributed by atoms with van der Waals surface area (Å²) >= 11 is 11.7. The second kappa shape index (κ2) is 8.88. The van der Waals surface area contributed by atoms with Crippen LogP contribution in [0.2, 0.25) is 10.0 Å². The topological polar surface area (TPSA) is 60.2 Å². The number of hydrogen-bond donors (Lipinski definition) is 0. The molecular formula is C19H18Cl2N4O2. The number of nitrogens with zero attached hydrogens (tertiary/aromatic N) is 4. The van der Waals surface area contributed by atoms with Crippen molar-refractivity contribution in [2.45, 2.75) is 19.7 Å². The van der Waals surface area contributed by atoms with Crippen molar-refractivity contribution in [1.82, 2.24) is 15.0 Å². The summed E-state index contributed by atoms with van der Waals surface area (Å²) in [4.78, 5) is 14.0. The summed E-state index contributed by atoms with van der Waals surface area (Å²) in [5.41, 5.74) is 2.63. The summed E-state index contributed by atoms with van der Waals surface area (Å²) in [6, 6.07) is 14.7. The number of anilines is 1. The number of carbonyl (C=O) groups is 1. The van der Waals surface area contributed by atoms with Gasteiger partial charge in [-0.3, -0.25) is 4.79 Å². The molecule has 6 nitrogen and oxygen atoms in total. The smallest absolute Gasteiger partial charge is 0.328 e. The van der Waals surface area contributed by atoms with Crippen molar-refractivity contribution in [3.8, 4) is 0 Å². The summed E-state index contributed by atoms with van der Waals surface area (Å²) in [5, 5.41) is 9.42. The van der Waals surface area contributed by atoms with Gasteiger partial charge in [0.05, 0.1) is 12.7 Å². The van der Waals surface area contributed by atoms with E-state index in [0.29, 0.717) is 16.6 Å². The lowest BCUT2D eigenvalue weighted by Gasteiger charge is -2.17. The Kier molecular flexibility index (Phi) is 6.32. The quantitative estimate of drug-likeness (QED) is 0.557. The van der Waals surface area contributed by atoms with Crippen LogP contribution in [-0.4, -0.2) is 28.0 Å². The molecule has 140 valence electrons. The van der Waals surface area contributed by atoms with Gasteiger partial charge in [-0.2, -0.15) is 0 Å². The maximum atomic E-state index is 12.0. The Morgan fingerprint density at radius 1 is 1.07 bits per heavy atom. The van der Waals surface area contributed by atoms with Crippen molar-refractivity contribution in [1.29, 1.82) is 0 Å². The molecule has 3 aromatic rings. The molecular weight excluding hydrogens is 387 g/mol. The molecule has 1 heterocycles. The van der Waals surface area contributed by atoms with Gasteiger partial charge >= 0.3 is 5.97 Å². The summed E-state index contributed by atoms with van der Waals surface area (Å²) < 4.78 is 6.72. The summed E-state index contributed by atoms with van der Waals surface area (Å²) in [6.07, 6.45) is 1.73. The molecule has 8 heteroatoms. The molecule has 27 heavy (non-hydrogen) atoms.